The fraction of sp³-hybridized carbons (Fsp3) is 0.407. The van der Waals surface area contributed by atoms with Gasteiger partial charge in [0.2, 0.25) is 5.95 Å². The van der Waals surface area contributed by atoms with E-state index in [9.17, 15) is 0 Å². The van der Waals surface area contributed by atoms with Crippen molar-refractivity contribution < 1.29 is 4.74 Å². The topological polar surface area (TPSA) is 39.4 Å². The third-order valence-electron chi connectivity index (χ3n) is 5.42. The van der Waals surface area contributed by atoms with Crippen molar-refractivity contribution in [2.24, 2.45) is 4.99 Å². The van der Waals surface area contributed by atoms with Gasteiger partial charge in [0.15, 0.2) is 0 Å². The van der Waals surface area contributed by atoms with Crippen LogP contribution in [0.2, 0.25) is 0 Å². The number of aliphatic imine (C=N–C) groups is 1. The summed E-state index contributed by atoms with van der Waals surface area (Å²) in [5, 5.41) is 0. The van der Waals surface area contributed by atoms with Crippen LogP contribution in [-0.2, 0) is 6.54 Å². The molecule has 4 heteroatoms. The highest BCUT2D eigenvalue weighted by Gasteiger charge is 2.07. The van der Waals surface area contributed by atoms with Crippen molar-refractivity contribution >= 4 is 23.2 Å². The van der Waals surface area contributed by atoms with Gasteiger partial charge in [-0.2, -0.15) is 0 Å². The largest absolute Gasteiger partial charge is 0.494 e. The molecule has 31 heavy (non-hydrogen) atoms. The van der Waals surface area contributed by atoms with Gasteiger partial charge in [-0.15, -0.1) is 6.58 Å². The van der Waals surface area contributed by atoms with Crippen LogP contribution in [0.25, 0.3) is 11.0 Å². The Morgan fingerprint density at radius 2 is 1.65 bits per heavy atom. The smallest absolute Gasteiger partial charge is 0.230 e. The molecule has 1 aromatic heterocycles. The minimum atomic E-state index is 0.679. The molecule has 0 amide bonds. The zero-order valence-electron chi connectivity index (χ0n) is 18.8. The number of aromatic nitrogens is 2. The van der Waals surface area contributed by atoms with Crippen molar-refractivity contribution in [1.29, 1.82) is 0 Å². The molecule has 0 saturated heterocycles. The van der Waals surface area contributed by atoms with E-state index in [0.717, 1.165) is 35.4 Å². The number of nitrogens with zero attached hydrogens (tertiary/aromatic N) is 3. The molecule has 0 aliphatic heterocycles. The van der Waals surface area contributed by atoms with Crippen LogP contribution in [0.3, 0.4) is 0 Å². The van der Waals surface area contributed by atoms with Crippen LogP contribution in [0.4, 0.5) is 5.95 Å². The van der Waals surface area contributed by atoms with Crippen LogP contribution in [0.15, 0.2) is 66.2 Å². The minimum absolute atomic E-state index is 0.679. The Morgan fingerprint density at radius 1 is 0.935 bits per heavy atom. The molecule has 0 saturated carbocycles. The van der Waals surface area contributed by atoms with Crippen LogP contribution >= 0.6 is 0 Å². The van der Waals surface area contributed by atoms with E-state index in [1.54, 1.807) is 0 Å². The maximum atomic E-state index is 5.89. The van der Waals surface area contributed by atoms with Gasteiger partial charge in [-0.05, 0) is 48.4 Å². The van der Waals surface area contributed by atoms with Gasteiger partial charge < -0.3 is 9.30 Å². The van der Waals surface area contributed by atoms with Crippen LogP contribution in [0.1, 0.15) is 63.9 Å². The van der Waals surface area contributed by atoms with Gasteiger partial charge in [0.25, 0.3) is 0 Å². The van der Waals surface area contributed by atoms with Crippen LogP contribution in [0, 0.1) is 0 Å². The number of fused-ring (bicyclic) bond motifs is 1. The summed E-state index contributed by atoms with van der Waals surface area (Å²) in [6.45, 7) is 7.58. The van der Waals surface area contributed by atoms with E-state index >= 15 is 0 Å². The molecule has 4 nitrogen and oxygen atoms in total. The standard InChI is InChI=1S/C27H35N3O/c1-3-5-6-7-8-9-10-13-21-31-24-18-16-23(17-19-24)22-28-27-29-25-14-11-12-15-26(25)30(27)20-4-2/h4,11-12,14-19,22H,2-3,5-10,13,20-21H2,1H3/b28-22-. The number of benzene rings is 2. The zero-order valence-corrected chi connectivity index (χ0v) is 18.8. The van der Waals surface area contributed by atoms with Gasteiger partial charge in [0, 0.05) is 12.8 Å². The highest BCUT2D eigenvalue weighted by Crippen LogP contribution is 2.22. The average molecular weight is 418 g/mol. The molecule has 3 rings (SSSR count). The molecule has 1 heterocycles. The first-order valence-corrected chi connectivity index (χ1v) is 11.6. The Labute approximate surface area is 186 Å². The Bertz CT molecular complexity index is 956. The monoisotopic (exact) mass is 417 g/mol. The molecular weight excluding hydrogens is 382 g/mol. The summed E-state index contributed by atoms with van der Waals surface area (Å²) < 4.78 is 7.96. The maximum absolute atomic E-state index is 5.89. The summed E-state index contributed by atoms with van der Waals surface area (Å²) in [5.41, 5.74) is 3.04. The quantitative estimate of drug-likeness (QED) is 0.155. The second kappa shape index (κ2) is 12.7. The molecule has 0 unspecified atom stereocenters. The second-order valence-corrected chi connectivity index (χ2v) is 7.95. The number of hydrogen-bond acceptors (Lipinski definition) is 3. The van der Waals surface area contributed by atoms with E-state index in [1.807, 2.05) is 54.8 Å². The summed E-state index contributed by atoms with van der Waals surface area (Å²) in [4.78, 5) is 9.26. The van der Waals surface area contributed by atoms with Crippen LogP contribution in [-0.4, -0.2) is 22.4 Å². The molecule has 0 atom stereocenters. The van der Waals surface area contributed by atoms with E-state index in [1.165, 1.54) is 44.9 Å². The lowest BCUT2D eigenvalue weighted by atomic mass is 10.1. The molecule has 0 bridgehead atoms. The van der Waals surface area contributed by atoms with Crippen LogP contribution in [0.5, 0.6) is 5.75 Å². The van der Waals surface area contributed by atoms with Gasteiger partial charge in [0.05, 0.1) is 17.6 Å². The molecule has 0 fully saturated rings. The molecule has 0 radical (unpaired) electrons. The third kappa shape index (κ3) is 7.09. The zero-order chi connectivity index (χ0) is 21.7. The highest BCUT2D eigenvalue weighted by molar-refractivity contribution is 5.83. The minimum Gasteiger partial charge on any atom is -0.494 e. The van der Waals surface area contributed by atoms with Crippen molar-refractivity contribution in [2.45, 2.75) is 64.8 Å². The number of unbranched alkanes of at least 4 members (excludes halogenated alkanes) is 7. The Hall–Kier alpha value is -2.88. The van der Waals surface area contributed by atoms with E-state index in [2.05, 4.69) is 34.1 Å². The lowest BCUT2D eigenvalue weighted by Crippen LogP contribution is -1.97. The SMILES string of the molecule is C=CCn1c(/N=C\c2ccc(OCCCCCCCCCC)cc2)nc2ccccc21. The summed E-state index contributed by atoms with van der Waals surface area (Å²) in [7, 11) is 0. The van der Waals surface area contributed by atoms with Crippen molar-refractivity contribution in [2.75, 3.05) is 6.61 Å². The van der Waals surface area contributed by atoms with Crippen molar-refractivity contribution in [1.82, 2.24) is 9.55 Å². The molecule has 0 aliphatic carbocycles. The predicted octanol–water partition coefficient (Wildman–Crippen LogP) is 7.49. The third-order valence-corrected chi connectivity index (χ3v) is 5.42. The number of ether oxygens (including phenoxy) is 1. The highest BCUT2D eigenvalue weighted by atomic mass is 16.5. The van der Waals surface area contributed by atoms with Gasteiger partial charge in [-0.25, -0.2) is 9.98 Å². The number of imidazole rings is 1. The lowest BCUT2D eigenvalue weighted by molar-refractivity contribution is 0.304. The van der Waals surface area contributed by atoms with Gasteiger partial charge in [-0.3, -0.25) is 0 Å². The fourth-order valence-corrected chi connectivity index (χ4v) is 3.68. The molecule has 2 aromatic carbocycles. The Balaban J connectivity index is 1.46. The predicted molar refractivity (Wildman–Crippen MR) is 132 cm³/mol. The van der Waals surface area contributed by atoms with Gasteiger partial charge in [-0.1, -0.05) is 70.1 Å². The fourth-order valence-electron chi connectivity index (χ4n) is 3.68. The molecule has 0 N–H and O–H groups in total. The molecule has 0 aliphatic rings. The van der Waals surface area contributed by atoms with E-state index < -0.39 is 0 Å². The van der Waals surface area contributed by atoms with Gasteiger partial charge >= 0.3 is 0 Å². The first kappa shape index (κ1) is 22.8. The Morgan fingerprint density at radius 3 is 2.39 bits per heavy atom. The molecule has 3 aromatic rings. The Kier molecular flexibility index (Phi) is 9.36. The molecule has 0 spiro atoms. The van der Waals surface area contributed by atoms with Crippen LogP contribution < -0.4 is 4.74 Å². The van der Waals surface area contributed by atoms with Crippen molar-refractivity contribution in [3.05, 3.63) is 66.7 Å². The van der Waals surface area contributed by atoms with E-state index in [-0.39, 0.29) is 0 Å². The number of rotatable bonds is 14. The van der Waals surface area contributed by atoms with Gasteiger partial charge in [0.1, 0.15) is 5.75 Å². The van der Waals surface area contributed by atoms with Crippen molar-refractivity contribution in [3.63, 3.8) is 0 Å². The number of hydrogen-bond donors (Lipinski definition) is 0. The van der Waals surface area contributed by atoms with Crippen molar-refractivity contribution in [3.8, 4) is 5.75 Å². The van der Waals surface area contributed by atoms with E-state index in [4.69, 9.17) is 4.74 Å². The summed E-state index contributed by atoms with van der Waals surface area (Å²) in [6, 6.07) is 16.2. The normalized spacial score (nSPS) is 11.4. The number of para-hydroxylation sites is 2. The lowest BCUT2D eigenvalue weighted by Gasteiger charge is -2.06. The summed E-state index contributed by atoms with van der Waals surface area (Å²) in [6.07, 6.45) is 14.2. The first-order valence-electron chi connectivity index (χ1n) is 11.6. The molecule has 164 valence electrons. The first-order chi connectivity index (χ1) is 15.3. The van der Waals surface area contributed by atoms with E-state index in [0.29, 0.717) is 12.5 Å². The number of allylic oxidation sites excluding steroid dienone is 1. The summed E-state index contributed by atoms with van der Waals surface area (Å²) >= 11 is 0. The summed E-state index contributed by atoms with van der Waals surface area (Å²) in [5.74, 6) is 1.61. The molecular formula is C27H35N3O. The average Bonchev–Trinajstić information content (AvgIpc) is 3.15. The maximum Gasteiger partial charge on any atom is 0.230 e. The second-order valence-electron chi connectivity index (χ2n) is 7.95.